The third-order valence-electron chi connectivity index (χ3n) is 4.75. The van der Waals surface area contributed by atoms with Crippen LogP contribution in [0.2, 0.25) is 0 Å². The van der Waals surface area contributed by atoms with Gasteiger partial charge in [-0.1, -0.05) is 12.1 Å². The summed E-state index contributed by atoms with van der Waals surface area (Å²) < 4.78 is 27.7. The van der Waals surface area contributed by atoms with Crippen molar-refractivity contribution < 1.29 is 13.2 Å². The minimum atomic E-state index is -2.92. The zero-order valence-electron chi connectivity index (χ0n) is 17.0. The number of hydrogen-bond donors (Lipinski definition) is 2. The van der Waals surface area contributed by atoms with Crippen molar-refractivity contribution in [1.82, 2.24) is 15.5 Å². The van der Waals surface area contributed by atoms with Crippen LogP contribution in [0.4, 0.5) is 0 Å². The van der Waals surface area contributed by atoms with Gasteiger partial charge in [0.25, 0.3) is 0 Å². The third-order valence-corrected chi connectivity index (χ3v) is 5.78. The summed E-state index contributed by atoms with van der Waals surface area (Å²) in [5.41, 5.74) is 1.25. The molecule has 9 heteroatoms. The van der Waals surface area contributed by atoms with Crippen molar-refractivity contribution in [3.8, 4) is 5.75 Å². The van der Waals surface area contributed by atoms with Crippen LogP contribution in [-0.2, 0) is 9.84 Å². The molecule has 1 saturated heterocycles. The third kappa shape index (κ3) is 8.52. The first kappa shape index (κ1) is 25.0. The molecule has 1 unspecified atom stereocenters. The highest BCUT2D eigenvalue weighted by atomic mass is 127. The van der Waals surface area contributed by atoms with Gasteiger partial charge in [0, 0.05) is 26.4 Å². The number of aliphatic imine (C=N–C) groups is 1. The van der Waals surface area contributed by atoms with E-state index in [4.69, 9.17) is 4.74 Å². The molecule has 28 heavy (non-hydrogen) atoms. The normalized spacial score (nSPS) is 16.3. The van der Waals surface area contributed by atoms with Gasteiger partial charge in [-0.25, -0.2) is 8.42 Å². The molecule has 1 aromatic carbocycles. The van der Waals surface area contributed by atoms with Crippen LogP contribution in [0.5, 0.6) is 5.75 Å². The van der Waals surface area contributed by atoms with Gasteiger partial charge in [0.05, 0.1) is 18.9 Å². The van der Waals surface area contributed by atoms with Crippen LogP contribution in [0.3, 0.4) is 0 Å². The maximum atomic E-state index is 11.2. The van der Waals surface area contributed by atoms with Crippen molar-refractivity contribution in [2.75, 3.05) is 52.3 Å². The molecular weight excluding hydrogens is 491 g/mol. The topological polar surface area (TPSA) is 83.0 Å². The second-order valence-corrected chi connectivity index (χ2v) is 9.16. The van der Waals surface area contributed by atoms with Crippen molar-refractivity contribution in [2.24, 2.45) is 4.99 Å². The van der Waals surface area contributed by atoms with Gasteiger partial charge in [-0.2, -0.15) is 0 Å². The van der Waals surface area contributed by atoms with E-state index in [1.165, 1.54) is 24.7 Å². The molecule has 0 bridgehead atoms. The van der Waals surface area contributed by atoms with Crippen LogP contribution >= 0.6 is 24.0 Å². The molecule has 160 valence electrons. The Kier molecular flexibility index (Phi) is 11.1. The molecule has 0 radical (unpaired) electrons. The summed E-state index contributed by atoms with van der Waals surface area (Å²) in [6.07, 6.45) is 4.28. The summed E-state index contributed by atoms with van der Waals surface area (Å²) >= 11 is 0. The Labute approximate surface area is 186 Å². The van der Waals surface area contributed by atoms with Crippen molar-refractivity contribution >= 4 is 39.8 Å². The molecule has 1 fully saturated rings. The number of hydrogen-bond acceptors (Lipinski definition) is 5. The van der Waals surface area contributed by atoms with Gasteiger partial charge < -0.3 is 15.4 Å². The fraction of sp³-hybridized carbons (Fsp3) is 0.632. The maximum Gasteiger partial charge on any atom is 0.191 e. The van der Waals surface area contributed by atoms with E-state index in [-0.39, 0.29) is 35.8 Å². The molecule has 0 aliphatic carbocycles. The molecular formula is C19H33IN4O3S. The summed E-state index contributed by atoms with van der Waals surface area (Å²) in [5, 5.41) is 6.58. The van der Waals surface area contributed by atoms with Gasteiger partial charge in [-0.05, 0) is 50.0 Å². The lowest BCUT2D eigenvalue weighted by atomic mass is 10.1. The van der Waals surface area contributed by atoms with E-state index in [0.717, 1.165) is 25.4 Å². The average Bonchev–Trinajstić information content (AvgIpc) is 3.17. The van der Waals surface area contributed by atoms with E-state index in [0.29, 0.717) is 18.9 Å². The first-order valence-electron chi connectivity index (χ1n) is 9.43. The number of guanidine groups is 1. The lowest BCUT2D eigenvalue weighted by Gasteiger charge is -2.29. The summed E-state index contributed by atoms with van der Waals surface area (Å²) in [7, 11) is 0.476. The van der Waals surface area contributed by atoms with E-state index < -0.39 is 9.84 Å². The highest BCUT2D eigenvalue weighted by Gasteiger charge is 2.23. The molecule has 0 aromatic heterocycles. The molecule has 2 N–H and O–H groups in total. The summed E-state index contributed by atoms with van der Waals surface area (Å²) in [4.78, 5) is 6.74. The molecule has 0 amide bonds. The number of rotatable bonds is 9. The highest BCUT2D eigenvalue weighted by molar-refractivity contribution is 14.0. The predicted octanol–water partition coefficient (Wildman–Crippen LogP) is 2.05. The minimum Gasteiger partial charge on any atom is -0.497 e. The van der Waals surface area contributed by atoms with Crippen molar-refractivity contribution in [2.45, 2.75) is 25.3 Å². The molecule has 1 heterocycles. The largest absolute Gasteiger partial charge is 0.497 e. The van der Waals surface area contributed by atoms with Crippen LogP contribution in [-0.4, -0.2) is 71.6 Å². The number of likely N-dealkylation sites (tertiary alicyclic amines) is 1. The Bertz CT molecular complexity index is 704. The Hall–Kier alpha value is -1.07. The first-order valence-corrected chi connectivity index (χ1v) is 11.5. The van der Waals surface area contributed by atoms with Crippen molar-refractivity contribution in [1.29, 1.82) is 0 Å². The molecule has 0 saturated carbocycles. The van der Waals surface area contributed by atoms with Gasteiger partial charge in [0.15, 0.2) is 5.96 Å². The van der Waals surface area contributed by atoms with Crippen LogP contribution in [0.15, 0.2) is 29.3 Å². The van der Waals surface area contributed by atoms with Crippen LogP contribution in [0, 0.1) is 0 Å². The Morgan fingerprint density at radius 2 is 1.86 bits per heavy atom. The molecule has 0 spiro atoms. The Balaban J connectivity index is 0.00000392. The second-order valence-electron chi connectivity index (χ2n) is 6.90. The van der Waals surface area contributed by atoms with Gasteiger partial charge in [-0.15, -0.1) is 24.0 Å². The van der Waals surface area contributed by atoms with Crippen molar-refractivity contribution in [3.05, 3.63) is 29.8 Å². The summed E-state index contributed by atoms with van der Waals surface area (Å²) in [6, 6.07) is 8.48. The van der Waals surface area contributed by atoms with Gasteiger partial charge in [0.1, 0.15) is 15.6 Å². The monoisotopic (exact) mass is 524 g/mol. The number of ether oxygens (including phenoxy) is 1. The van der Waals surface area contributed by atoms with E-state index >= 15 is 0 Å². The van der Waals surface area contributed by atoms with Gasteiger partial charge in [-0.3, -0.25) is 9.89 Å². The number of sulfone groups is 1. The van der Waals surface area contributed by atoms with E-state index in [9.17, 15) is 8.42 Å². The van der Waals surface area contributed by atoms with E-state index in [2.05, 4.69) is 32.7 Å². The van der Waals surface area contributed by atoms with Crippen molar-refractivity contribution in [3.63, 3.8) is 0 Å². The standard InChI is InChI=1S/C19H32N4O3S.HI/c1-20-19(21-11-6-14-27(3,24)25)22-15-18(23-12-4-5-13-23)16-7-9-17(26-2)10-8-16;/h7-10,18H,4-6,11-15H2,1-3H3,(H2,20,21,22);1H. The summed E-state index contributed by atoms with van der Waals surface area (Å²) in [6.45, 7) is 3.50. The van der Waals surface area contributed by atoms with E-state index in [1.807, 2.05) is 12.1 Å². The number of nitrogens with one attached hydrogen (secondary N) is 2. The van der Waals surface area contributed by atoms with Crippen LogP contribution in [0.25, 0.3) is 0 Å². The Morgan fingerprint density at radius 3 is 2.39 bits per heavy atom. The Morgan fingerprint density at radius 1 is 1.21 bits per heavy atom. The van der Waals surface area contributed by atoms with Gasteiger partial charge in [0.2, 0.25) is 0 Å². The molecule has 1 aliphatic heterocycles. The number of methoxy groups -OCH3 is 1. The quantitative estimate of drug-likeness (QED) is 0.223. The fourth-order valence-corrected chi connectivity index (χ4v) is 3.96. The van der Waals surface area contributed by atoms with Crippen LogP contribution < -0.4 is 15.4 Å². The number of benzene rings is 1. The molecule has 1 aliphatic rings. The smallest absolute Gasteiger partial charge is 0.191 e. The molecule has 1 atom stereocenters. The van der Waals surface area contributed by atoms with E-state index in [1.54, 1.807) is 14.2 Å². The summed E-state index contributed by atoms with van der Waals surface area (Å²) in [5.74, 6) is 1.73. The minimum absolute atomic E-state index is 0. The van der Waals surface area contributed by atoms with Crippen LogP contribution in [0.1, 0.15) is 30.9 Å². The van der Waals surface area contributed by atoms with Gasteiger partial charge >= 0.3 is 0 Å². The first-order chi connectivity index (χ1) is 12.9. The molecule has 2 rings (SSSR count). The molecule has 7 nitrogen and oxygen atoms in total. The zero-order valence-corrected chi connectivity index (χ0v) is 20.1. The predicted molar refractivity (Wildman–Crippen MR) is 126 cm³/mol. The average molecular weight is 524 g/mol. The lowest BCUT2D eigenvalue weighted by Crippen LogP contribution is -2.43. The number of nitrogens with zero attached hydrogens (tertiary/aromatic N) is 2. The molecule has 1 aromatic rings. The SMILES string of the molecule is CN=C(NCCCS(C)(=O)=O)NCC(c1ccc(OC)cc1)N1CCCC1.I. The highest BCUT2D eigenvalue weighted by Crippen LogP contribution is 2.26. The zero-order chi connectivity index (χ0) is 19.7. The fourth-order valence-electron chi connectivity index (χ4n) is 3.29. The second kappa shape index (κ2) is 12.5. The number of halogens is 1. The maximum absolute atomic E-state index is 11.2. The lowest BCUT2D eigenvalue weighted by molar-refractivity contribution is 0.245.